The first-order valence-corrected chi connectivity index (χ1v) is 10.7. The molecule has 2 aromatic rings. The molecule has 0 aliphatic carbocycles. The number of halogens is 2. The molecule has 0 fully saturated rings. The molecule has 162 valence electrons. The number of carbonyl (C=O) groups excluding carboxylic acids is 2. The second kappa shape index (κ2) is 12.1. The molecule has 0 atom stereocenters. The minimum Gasteiger partial charge on any atom is -0.346 e. The molecule has 1 aliphatic rings. The number of Topliss-reactive ketones (excluding diaryl/α,β-unsaturated/α-hetero) is 1. The maximum absolute atomic E-state index is 12.6. The van der Waals surface area contributed by atoms with Crippen LogP contribution in [0.4, 0.5) is 0 Å². The first kappa shape index (κ1) is 24.4. The smallest absolute Gasteiger partial charge is 0.222 e. The summed E-state index contributed by atoms with van der Waals surface area (Å²) in [4.78, 5) is 26.7. The Kier molecular flexibility index (Phi) is 9.83. The first-order valence-electron chi connectivity index (χ1n) is 10.4. The SMILES string of the molecule is CN(CCCc1ccc(Cl)cc1)C(=O)CCC(=O)c1ccc2c(c1)CCNCC2.Cl. The Bertz CT molecular complexity index is 853. The van der Waals surface area contributed by atoms with Crippen molar-refractivity contribution in [2.75, 3.05) is 26.7 Å². The fourth-order valence-electron chi connectivity index (χ4n) is 3.70. The molecule has 1 amide bonds. The summed E-state index contributed by atoms with van der Waals surface area (Å²) in [5.41, 5.74) is 4.52. The van der Waals surface area contributed by atoms with E-state index >= 15 is 0 Å². The average molecular weight is 449 g/mol. The Hall–Kier alpha value is -1.88. The molecule has 2 aromatic carbocycles. The maximum atomic E-state index is 12.6. The summed E-state index contributed by atoms with van der Waals surface area (Å²) in [6, 6.07) is 13.8. The Morgan fingerprint density at radius 3 is 2.43 bits per heavy atom. The van der Waals surface area contributed by atoms with Gasteiger partial charge in [0.05, 0.1) is 0 Å². The van der Waals surface area contributed by atoms with E-state index in [9.17, 15) is 9.59 Å². The Morgan fingerprint density at radius 2 is 1.70 bits per heavy atom. The summed E-state index contributed by atoms with van der Waals surface area (Å²) in [6.07, 6.45) is 4.26. The highest BCUT2D eigenvalue weighted by atomic mass is 35.5. The van der Waals surface area contributed by atoms with Crippen LogP contribution in [0, 0.1) is 0 Å². The molecular weight excluding hydrogens is 419 g/mol. The average Bonchev–Trinajstić information content (AvgIpc) is 2.97. The topological polar surface area (TPSA) is 49.4 Å². The predicted octanol–water partition coefficient (Wildman–Crippen LogP) is 4.50. The van der Waals surface area contributed by atoms with Crippen LogP contribution in [0.2, 0.25) is 5.02 Å². The molecule has 1 N–H and O–H groups in total. The van der Waals surface area contributed by atoms with Crippen molar-refractivity contribution in [2.24, 2.45) is 0 Å². The van der Waals surface area contributed by atoms with E-state index in [1.807, 2.05) is 43.4 Å². The molecule has 0 bridgehead atoms. The van der Waals surface area contributed by atoms with Crippen molar-refractivity contribution >= 4 is 35.7 Å². The van der Waals surface area contributed by atoms with Crippen LogP contribution in [0.25, 0.3) is 0 Å². The lowest BCUT2D eigenvalue weighted by molar-refractivity contribution is -0.129. The van der Waals surface area contributed by atoms with Crippen LogP contribution in [-0.2, 0) is 24.1 Å². The van der Waals surface area contributed by atoms with Gasteiger partial charge in [-0.15, -0.1) is 12.4 Å². The molecule has 1 aliphatic heterocycles. The number of hydrogen-bond acceptors (Lipinski definition) is 3. The molecule has 0 saturated heterocycles. The zero-order valence-corrected chi connectivity index (χ0v) is 19.0. The highest BCUT2D eigenvalue weighted by molar-refractivity contribution is 6.30. The second-order valence-corrected chi connectivity index (χ2v) is 8.14. The minimum atomic E-state index is 0. The highest BCUT2D eigenvalue weighted by Gasteiger charge is 2.15. The molecule has 4 nitrogen and oxygen atoms in total. The summed E-state index contributed by atoms with van der Waals surface area (Å²) < 4.78 is 0. The molecule has 1 heterocycles. The normalized spacial score (nSPS) is 13.0. The largest absolute Gasteiger partial charge is 0.346 e. The third-order valence-corrected chi connectivity index (χ3v) is 5.79. The number of fused-ring (bicyclic) bond motifs is 1. The lowest BCUT2D eigenvalue weighted by Gasteiger charge is -2.17. The third-order valence-electron chi connectivity index (χ3n) is 5.53. The second-order valence-electron chi connectivity index (χ2n) is 7.70. The van der Waals surface area contributed by atoms with Crippen LogP contribution in [0.15, 0.2) is 42.5 Å². The molecule has 0 radical (unpaired) electrons. The third kappa shape index (κ3) is 7.12. The van der Waals surface area contributed by atoms with E-state index in [2.05, 4.69) is 11.4 Å². The number of nitrogens with zero attached hydrogens (tertiary/aromatic N) is 1. The van der Waals surface area contributed by atoms with Gasteiger partial charge in [0.15, 0.2) is 5.78 Å². The maximum Gasteiger partial charge on any atom is 0.222 e. The van der Waals surface area contributed by atoms with Gasteiger partial charge in [0.25, 0.3) is 0 Å². The Morgan fingerprint density at radius 1 is 1.00 bits per heavy atom. The van der Waals surface area contributed by atoms with Crippen LogP contribution in [-0.4, -0.2) is 43.3 Å². The molecular formula is C24H30Cl2N2O2. The summed E-state index contributed by atoms with van der Waals surface area (Å²) >= 11 is 5.90. The molecule has 0 aromatic heterocycles. The molecule has 30 heavy (non-hydrogen) atoms. The number of rotatable bonds is 8. The summed E-state index contributed by atoms with van der Waals surface area (Å²) in [6.45, 7) is 2.62. The van der Waals surface area contributed by atoms with Crippen LogP contribution in [0.3, 0.4) is 0 Å². The summed E-state index contributed by atoms with van der Waals surface area (Å²) in [7, 11) is 1.81. The van der Waals surface area contributed by atoms with E-state index in [1.165, 1.54) is 16.7 Å². The van der Waals surface area contributed by atoms with E-state index in [0.717, 1.165) is 49.4 Å². The van der Waals surface area contributed by atoms with Gasteiger partial charge in [-0.2, -0.15) is 0 Å². The number of benzene rings is 2. The standard InChI is InChI=1S/C24H29ClN2O2.ClH/c1-27(16-2-3-18-4-8-22(25)9-5-18)24(29)11-10-23(28)21-7-6-19-12-14-26-15-13-20(19)17-21;/h4-9,17,26H,2-3,10-16H2,1H3;1H. The van der Waals surface area contributed by atoms with Gasteiger partial charge in [0.2, 0.25) is 5.91 Å². The van der Waals surface area contributed by atoms with Crippen molar-refractivity contribution in [2.45, 2.75) is 38.5 Å². The van der Waals surface area contributed by atoms with Gasteiger partial charge < -0.3 is 10.2 Å². The Balaban J connectivity index is 0.00000320. The van der Waals surface area contributed by atoms with Crippen molar-refractivity contribution in [3.05, 3.63) is 69.7 Å². The fourth-order valence-corrected chi connectivity index (χ4v) is 3.82. The van der Waals surface area contributed by atoms with Crippen LogP contribution in [0.1, 0.15) is 46.3 Å². The molecule has 0 saturated carbocycles. The van der Waals surface area contributed by atoms with Crippen molar-refractivity contribution < 1.29 is 9.59 Å². The molecule has 3 rings (SSSR count). The van der Waals surface area contributed by atoms with Gasteiger partial charge >= 0.3 is 0 Å². The summed E-state index contributed by atoms with van der Waals surface area (Å²) in [5.74, 6) is 0.0707. The van der Waals surface area contributed by atoms with Gasteiger partial charge in [0, 0.05) is 37.0 Å². The van der Waals surface area contributed by atoms with Gasteiger partial charge in [0.1, 0.15) is 0 Å². The first-order chi connectivity index (χ1) is 14.0. The van der Waals surface area contributed by atoms with E-state index < -0.39 is 0 Å². The van der Waals surface area contributed by atoms with Crippen LogP contribution >= 0.6 is 24.0 Å². The van der Waals surface area contributed by atoms with E-state index in [-0.39, 0.29) is 36.9 Å². The number of nitrogens with one attached hydrogen (secondary N) is 1. The van der Waals surface area contributed by atoms with E-state index in [0.29, 0.717) is 6.54 Å². The molecule has 0 spiro atoms. The van der Waals surface area contributed by atoms with Crippen molar-refractivity contribution in [3.63, 3.8) is 0 Å². The van der Waals surface area contributed by atoms with E-state index in [1.54, 1.807) is 4.90 Å². The van der Waals surface area contributed by atoms with Gasteiger partial charge in [-0.25, -0.2) is 0 Å². The molecule has 6 heteroatoms. The van der Waals surface area contributed by atoms with E-state index in [4.69, 9.17) is 11.6 Å². The van der Waals surface area contributed by atoms with Crippen molar-refractivity contribution in [1.82, 2.24) is 10.2 Å². The van der Waals surface area contributed by atoms with Gasteiger partial charge in [-0.1, -0.05) is 35.9 Å². The lowest BCUT2D eigenvalue weighted by Crippen LogP contribution is -2.28. The quantitative estimate of drug-likeness (QED) is 0.604. The van der Waals surface area contributed by atoms with Crippen molar-refractivity contribution in [3.8, 4) is 0 Å². The fraction of sp³-hybridized carbons (Fsp3) is 0.417. The van der Waals surface area contributed by atoms with Crippen LogP contribution in [0.5, 0.6) is 0 Å². The minimum absolute atomic E-state index is 0. The summed E-state index contributed by atoms with van der Waals surface area (Å²) in [5, 5.41) is 4.12. The number of hydrogen-bond donors (Lipinski definition) is 1. The lowest BCUT2D eigenvalue weighted by atomic mass is 9.97. The van der Waals surface area contributed by atoms with Gasteiger partial charge in [-0.3, -0.25) is 9.59 Å². The van der Waals surface area contributed by atoms with Crippen LogP contribution < -0.4 is 5.32 Å². The Labute approximate surface area is 190 Å². The predicted molar refractivity (Wildman–Crippen MR) is 125 cm³/mol. The molecule has 0 unspecified atom stereocenters. The highest BCUT2D eigenvalue weighted by Crippen LogP contribution is 2.17. The monoisotopic (exact) mass is 448 g/mol. The van der Waals surface area contributed by atoms with Gasteiger partial charge in [-0.05, 0) is 73.7 Å². The van der Waals surface area contributed by atoms with Crippen molar-refractivity contribution in [1.29, 1.82) is 0 Å². The number of aryl methyl sites for hydroxylation is 1. The number of amides is 1. The number of carbonyl (C=O) groups is 2. The zero-order valence-electron chi connectivity index (χ0n) is 17.5. The number of ketones is 1. The zero-order chi connectivity index (χ0) is 20.6.